The van der Waals surface area contributed by atoms with Crippen LogP contribution in [0.25, 0.3) is 0 Å². The fourth-order valence-electron chi connectivity index (χ4n) is 2.10. The van der Waals surface area contributed by atoms with Crippen LogP contribution in [0.4, 0.5) is 5.69 Å². The Balaban J connectivity index is 1.96. The van der Waals surface area contributed by atoms with Gasteiger partial charge in [0.2, 0.25) is 0 Å². The molecule has 1 fully saturated rings. The topological polar surface area (TPSA) is 58.3 Å². The van der Waals surface area contributed by atoms with Crippen molar-refractivity contribution in [2.45, 2.75) is 37.8 Å². The van der Waals surface area contributed by atoms with Gasteiger partial charge in [-0.25, -0.2) is 0 Å². The monoisotopic (exact) mass is 240 g/mol. The number of phenols is 1. The summed E-state index contributed by atoms with van der Waals surface area (Å²) in [5.41, 5.74) is 6.81. The Labute approximate surface area is 101 Å². The van der Waals surface area contributed by atoms with Crippen LogP contribution in [-0.2, 0) is 0 Å². The molecule has 0 heterocycles. The number of hydrogen-bond donors (Lipinski definition) is 3. The minimum absolute atomic E-state index is 0.123. The average Bonchev–Trinajstić information content (AvgIpc) is 2.27. The third-order valence-corrected chi connectivity index (χ3v) is 3.39. The molecule has 0 saturated heterocycles. The summed E-state index contributed by atoms with van der Waals surface area (Å²) < 4.78 is 0. The Bertz CT molecular complexity index is 362. The molecule has 0 unspecified atom stereocenters. The molecular formula is C12H17ClN2O. The van der Waals surface area contributed by atoms with Gasteiger partial charge in [-0.05, 0) is 43.9 Å². The number of aromatic hydroxyl groups is 1. The van der Waals surface area contributed by atoms with Crippen molar-refractivity contribution in [3.63, 3.8) is 0 Å². The van der Waals surface area contributed by atoms with Gasteiger partial charge in [-0.2, -0.15) is 0 Å². The Morgan fingerprint density at radius 3 is 2.56 bits per heavy atom. The van der Waals surface area contributed by atoms with Crippen LogP contribution in [0.5, 0.6) is 5.75 Å². The van der Waals surface area contributed by atoms with Crippen molar-refractivity contribution >= 4 is 17.3 Å². The molecule has 1 aromatic rings. The molecule has 0 aliphatic heterocycles. The first-order valence-corrected chi connectivity index (χ1v) is 6.03. The third kappa shape index (κ3) is 2.80. The summed E-state index contributed by atoms with van der Waals surface area (Å²) in [5, 5.41) is 13.1. The molecule has 1 saturated carbocycles. The van der Waals surface area contributed by atoms with Gasteiger partial charge in [0.05, 0.1) is 5.02 Å². The largest absolute Gasteiger partial charge is 0.506 e. The molecule has 4 heteroatoms. The lowest BCUT2D eigenvalue weighted by Gasteiger charge is -2.27. The summed E-state index contributed by atoms with van der Waals surface area (Å²) in [4.78, 5) is 0. The molecule has 1 aromatic carbocycles. The van der Waals surface area contributed by atoms with E-state index in [1.807, 2.05) is 6.07 Å². The van der Waals surface area contributed by atoms with Crippen LogP contribution in [-0.4, -0.2) is 17.2 Å². The maximum atomic E-state index is 9.31. The van der Waals surface area contributed by atoms with Gasteiger partial charge in [-0.15, -0.1) is 0 Å². The van der Waals surface area contributed by atoms with Gasteiger partial charge in [-0.3, -0.25) is 0 Å². The van der Waals surface area contributed by atoms with Gasteiger partial charge < -0.3 is 16.2 Å². The number of hydrogen-bond acceptors (Lipinski definition) is 3. The Hall–Kier alpha value is -0.930. The molecule has 1 aliphatic rings. The molecule has 4 N–H and O–H groups in total. The van der Waals surface area contributed by atoms with Crippen LogP contribution in [0, 0.1) is 0 Å². The minimum atomic E-state index is 0.123. The quantitative estimate of drug-likeness (QED) is 0.697. The molecule has 0 bridgehead atoms. The van der Waals surface area contributed by atoms with Crippen molar-refractivity contribution < 1.29 is 5.11 Å². The molecule has 3 nitrogen and oxygen atoms in total. The molecule has 0 atom stereocenters. The second-order valence-electron chi connectivity index (χ2n) is 4.42. The molecule has 0 spiro atoms. The molecule has 0 radical (unpaired) electrons. The van der Waals surface area contributed by atoms with Crippen LogP contribution in [0.2, 0.25) is 5.02 Å². The highest BCUT2D eigenvalue weighted by Crippen LogP contribution is 2.28. The first-order valence-electron chi connectivity index (χ1n) is 5.66. The fourth-order valence-corrected chi connectivity index (χ4v) is 2.28. The lowest BCUT2D eigenvalue weighted by atomic mass is 9.92. The maximum absolute atomic E-state index is 9.31. The van der Waals surface area contributed by atoms with Crippen LogP contribution >= 0.6 is 11.6 Å². The molecule has 16 heavy (non-hydrogen) atoms. The summed E-state index contributed by atoms with van der Waals surface area (Å²) in [7, 11) is 0. The number of nitrogens with two attached hydrogens (primary N) is 1. The SMILES string of the molecule is NC1CCC(Nc2ccc(O)c(Cl)c2)CC1. The number of nitrogens with one attached hydrogen (secondary N) is 1. The highest BCUT2D eigenvalue weighted by Gasteiger charge is 2.18. The zero-order valence-electron chi connectivity index (χ0n) is 9.12. The van der Waals surface area contributed by atoms with E-state index < -0.39 is 0 Å². The highest BCUT2D eigenvalue weighted by atomic mass is 35.5. The molecule has 2 rings (SSSR count). The van der Waals surface area contributed by atoms with Crippen LogP contribution in [0.3, 0.4) is 0 Å². The lowest BCUT2D eigenvalue weighted by Crippen LogP contribution is -2.32. The van der Waals surface area contributed by atoms with Crippen LogP contribution in [0.1, 0.15) is 25.7 Å². The average molecular weight is 241 g/mol. The standard InChI is InChI=1S/C12H17ClN2O/c13-11-7-10(5-6-12(11)16)15-9-3-1-8(14)2-4-9/h5-9,15-16H,1-4,14H2. The normalized spacial score (nSPS) is 25.4. The van der Waals surface area contributed by atoms with Gasteiger partial charge in [0.1, 0.15) is 5.75 Å². The van der Waals surface area contributed by atoms with Gasteiger partial charge in [0.15, 0.2) is 0 Å². The fraction of sp³-hybridized carbons (Fsp3) is 0.500. The zero-order valence-corrected chi connectivity index (χ0v) is 9.87. The summed E-state index contributed by atoms with van der Waals surface area (Å²) in [5.74, 6) is 0.123. The molecule has 88 valence electrons. The number of phenolic OH excluding ortho intramolecular Hbond substituents is 1. The van der Waals surface area contributed by atoms with E-state index in [-0.39, 0.29) is 5.75 Å². The summed E-state index contributed by atoms with van der Waals surface area (Å²) in [6.45, 7) is 0. The van der Waals surface area contributed by atoms with Crippen molar-refractivity contribution in [2.24, 2.45) is 5.73 Å². The van der Waals surface area contributed by atoms with E-state index in [0.29, 0.717) is 17.1 Å². The van der Waals surface area contributed by atoms with Crippen molar-refractivity contribution in [3.8, 4) is 5.75 Å². The van der Waals surface area contributed by atoms with Gasteiger partial charge in [-0.1, -0.05) is 11.6 Å². The Morgan fingerprint density at radius 1 is 1.25 bits per heavy atom. The van der Waals surface area contributed by atoms with E-state index in [2.05, 4.69) is 5.32 Å². The Morgan fingerprint density at radius 2 is 1.94 bits per heavy atom. The second kappa shape index (κ2) is 4.93. The predicted molar refractivity (Wildman–Crippen MR) is 67.0 cm³/mol. The number of rotatable bonds is 2. The summed E-state index contributed by atoms with van der Waals surface area (Å²) >= 11 is 5.84. The second-order valence-corrected chi connectivity index (χ2v) is 4.83. The minimum Gasteiger partial charge on any atom is -0.506 e. The van der Waals surface area contributed by atoms with E-state index in [1.54, 1.807) is 12.1 Å². The van der Waals surface area contributed by atoms with Crippen LogP contribution in [0.15, 0.2) is 18.2 Å². The van der Waals surface area contributed by atoms with E-state index in [4.69, 9.17) is 17.3 Å². The van der Waals surface area contributed by atoms with E-state index in [0.717, 1.165) is 31.4 Å². The smallest absolute Gasteiger partial charge is 0.134 e. The molecular weight excluding hydrogens is 224 g/mol. The van der Waals surface area contributed by atoms with E-state index in [9.17, 15) is 5.11 Å². The van der Waals surface area contributed by atoms with Crippen molar-refractivity contribution in [1.29, 1.82) is 0 Å². The van der Waals surface area contributed by atoms with Crippen molar-refractivity contribution in [3.05, 3.63) is 23.2 Å². The Kier molecular flexibility index (Phi) is 3.56. The van der Waals surface area contributed by atoms with E-state index >= 15 is 0 Å². The first-order chi connectivity index (χ1) is 7.65. The number of benzene rings is 1. The zero-order chi connectivity index (χ0) is 11.5. The molecule has 0 amide bonds. The van der Waals surface area contributed by atoms with Gasteiger partial charge in [0, 0.05) is 17.8 Å². The summed E-state index contributed by atoms with van der Waals surface area (Å²) in [6.07, 6.45) is 4.34. The molecule has 0 aromatic heterocycles. The first kappa shape index (κ1) is 11.6. The van der Waals surface area contributed by atoms with E-state index in [1.165, 1.54) is 0 Å². The van der Waals surface area contributed by atoms with Crippen molar-refractivity contribution in [1.82, 2.24) is 0 Å². The summed E-state index contributed by atoms with van der Waals surface area (Å²) in [6, 6.07) is 6.04. The third-order valence-electron chi connectivity index (χ3n) is 3.09. The predicted octanol–water partition coefficient (Wildman–Crippen LogP) is 2.73. The maximum Gasteiger partial charge on any atom is 0.134 e. The highest BCUT2D eigenvalue weighted by molar-refractivity contribution is 6.32. The lowest BCUT2D eigenvalue weighted by molar-refractivity contribution is 0.411. The van der Waals surface area contributed by atoms with Crippen molar-refractivity contribution in [2.75, 3.05) is 5.32 Å². The number of anilines is 1. The number of halogens is 1. The van der Waals surface area contributed by atoms with Crippen LogP contribution < -0.4 is 11.1 Å². The molecule has 1 aliphatic carbocycles. The van der Waals surface area contributed by atoms with Gasteiger partial charge in [0.25, 0.3) is 0 Å². The van der Waals surface area contributed by atoms with Gasteiger partial charge >= 0.3 is 0 Å².